The second kappa shape index (κ2) is 3.30. The zero-order chi connectivity index (χ0) is 11.0. The Balaban J connectivity index is 2.15. The van der Waals surface area contributed by atoms with E-state index < -0.39 is 0 Å². The fourth-order valence-electron chi connectivity index (χ4n) is 1.50. The fourth-order valence-corrected chi connectivity index (χ4v) is 1.50. The van der Waals surface area contributed by atoms with E-state index in [-0.39, 0.29) is 0 Å². The van der Waals surface area contributed by atoms with E-state index >= 15 is 0 Å². The number of nitrogens with two attached hydrogens (primary N) is 1. The van der Waals surface area contributed by atoms with Gasteiger partial charge in [-0.3, -0.25) is 4.98 Å². The van der Waals surface area contributed by atoms with Gasteiger partial charge in [-0.1, -0.05) is 0 Å². The van der Waals surface area contributed by atoms with Crippen LogP contribution in [0.1, 0.15) is 0 Å². The molecule has 5 heteroatoms. The number of fused-ring (bicyclic) bond motifs is 1. The quantitative estimate of drug-likeness (QED) is 0.617. The number of benzene rings is 1. The van der Waals surface area contributed by atoms with Crippen LogP contribution in [0.3, 0.4) is 0 Å². The monoisotopic (exact) mass is 211 g/mol. The second-order valence-electron chi connectivity index (χ2n) is 3.44. The summed E-state index contributed by atoms with van der Waals surface area (Å²) in [7, 11) is 0. The molecule has 0 aliphatic heterocycles. The van der Waals surface area contributed by atoms with Crippen LogP contribution in [0.15, 0.2) is 42.9 Å². The van der Waals surface area contributed by atoms with E-state index in [1.807, 2.05) is 24.3 Å². The van der Waals surface area contributed by atoms with Crippen LogP contribution >= 0.6 is 0 Å². The Bertz CT molecular complexity index is 593. The number of anilines is 1. The molecule has 78 valence electrons. The molecule has 0 aliphatic rings. The van der Waals surface area contributed by atoms with E-state index in [2.05, 4.69) is 15.1 Å². The van der Waals surface area contributed by atoms with Crippen molar-refractivity contribution >= 4 is 11.3 Å². The lowest BCUT2D eigenvalue weighted by atomic mass is 10.2. The number of rotatable bonds is 1. The first kappa shape index (κ1) is 8.84. The molecule has 3 rings (SSSR count). The molecule has 0 spiro atoms. The zero-order valence-electron chi connectivity index (χ0n) is 8.41. The molecule has 0 unspecified atom stereocenters. The van der Waals surface area contributed by atoms with E-state index in [0.717, 1.165) is 16.9 Å². The highest BCUT2D eigenvalue weighted by atomic mass is 15.3. The predicted octanol–water partition coefficient (Wildman–Crippen LogP) is 1.37. The van der Waals surface area contributed by atoms with Gasteiger partial charge in [-0.15, -0.1) is 5.10 Å². The van der Waals surface area contributed by atoms with Gasteiger partial charge < -0.3 is 5.73 Å². The van der Waals surface area contributed by atoms with Crippen molar-refractivity contribution in [2.24, 2.45) is 0 Å². The van der Waals surface area contributed by atoms with Crippen molar-refractivity contribution < 1.29 is 0 Å². The molecule has 2 aromatic heterocycles. The smallest absolute Gasteiger partial charge is 0.182 e. The van der Waals surface area contributed by atoms with Gasteiger partial charge in [-0.2, -0.15) is 0 Å². The molecule has 0 atom stereocenters. The molecule has 0 amide bonds. The number of nitrogens with zero attached hydrogens (tertiary/aromatic N) is 4. The Kier molecular flexibility index (Phi) is 1.83. The third kappa shape index (κ3) is 1.38. The summed E-state index contributed by atoms with van der Waals surface area (Å²) in [5, 5.41) is 4.34. The summed E-state index contributed by atoms with van der Waals surface area (Å²) < 4.78 is 1.69. The van der Waals surface area contributed by atoms with E-state index in [9.17, 15) is 0 Å². The van der Waals surface area contributed by atoms with Crippen LogP contribution in [0.2, 0.25) is 0 Å². The minimum absolute atomic E-state index is 0.674. The van der Waals surface area contributed by atoms with Crippen LogP contribution in [0, 0.1) is 0 Å². The molecule has 0 saturated heterocycles. The Hall–Kier alpha value is -2.43. The van der Waals surface area contributed by atoms with E-state index in [1.165, 1.54) is 0 Å². The van der Waals surface area contributed by atoms with E-state index in [4.69, 9.17) is 5.73 Å². The van der Waals surface area contributed by atoms with Crippen molar-refractivity contribution in [1.82, 2.24) is 19.6 Å². The molecule has 0 bridgehead atoms. The summed E-state index contributed by atoms with van der Waals surface area (Å²) in [6.45, 7) is 0. The number of hydrogen-bond acceptors (Lipinski definition) is 4. The molecule has 2 heterocycles. The van der Waals surface area contributed by atoms with Crippen molar-refractivity contribution in [3.63, 3.8) is 0 Å². The van der Waals surface area contributed by atoms with Gasteiger partial charge in [-0.25, -0.2) is 9.50 Å². The maximum atomic E-state index is 5.62. The minimum Gasteiger partial charge on any atom is -0.399 e. The van der Waals surface area contributed by atoms with Crippen LogP contribution in [0.4, 0.5) is 5.69 Å². The molecule has 3 aromatic rings. The Morgan fingerprint density at radius 1 is 1.12 bits per heavy atom. The van der Waals surface area contributed by atoms with Crippen LogP contribution in [0.5, 0.6) is 0 Å². The summed E-state index contributed by atoms with van der Waals surface area (Å²) in [6.07, 6.45) is 5.12. The lowest BCUT2D eigenvalue weighted by Crippen LogP contribution is -1.87. The summed E-state index contributed by atoms with van der Waals surface area (Å²) >= 11 is 0. The summed E-state index contributed by atoms with van der Waals surface area (Å²) in [5.41, 5.74) is 8.03. The molecule has 1 aromatic carbocycles. The normalized spacial score (nSPS) is 10.8. The zero-order valence-corrected chi connectivity index (χ0v) is 8.41. The van der Waals surface area contributed by atoms with Crippen molar-refractivity contribution in [3.05, 3.63) is 42.9 Å². The third-order valence-corrected chi connectivity index (χ3v) is 2.31. The topological polar surface area (TPSA) is 69.1 Å². The highest BCUT2D eigenvalue weighted by molar-refractivity contribution is 5.60. The van der Waals surface area contributed by atoms with Gasteiger partial charge in [0.2, 0.25) is 0 Å². The minimum atomic E-state index is 0.674. The highest BCUT2D eigenvalue weighted by Crippen LogP contribution is 2.17. The average Bonchev–Trinajstić information content (AvgIpc) is 2.73. The number of nitrogen functional groups attached to an aromatic ring is 1. The van der Waals surface area contributed by atoms with Gasteiger partial charge in [0.25, 0.3) is 0 Å². The molecule has 0 saturated carbocycles. The summed E-state index contributed by atoms with van der Waals surface area (Å²) in [6, 6.07) is 7.47. The van der Waals surface area contributed by atoms with Crippen molar-refractivity contribution in [3.8, 4) is 11.4 Å². The van der Waals surface area contributed by atoms with E-state index in [1.54, 1.807) is 23.1 Å². The molecule has 16 heavy (non-hydrogen) atoms. The molecule has 0 fully saturated rings. The SMILES string of the molecule is Nc1ccc(-c2nc3cnccn3n2)cc1. The van der Waals surface area contributed by atoms with E-state index in [0.29, 0.717) is 5.82 Å². The van der Waals surface area contributed by atoms with Crippen LogP contribution < -0.4 is 5.73 Å². The molecule has 2 N–H and O–H groups in total. The summed E-state index contributed by atoms with van der Waals surface area (Å²) in [4.78, 5) is 8.35. The van der Waals surface area contributed by atoms with Crippen molar-refractivity contribution in [1.29, 1.82) is 0 Å². The Morgan fingerprint density at radius 2 is 1.94 bits per heavy atom. The van der Waals surface area contributed by atoms with Crippen molar-refractivity contribution in [2.75, 3.05) is 5.73 Å². The second-order valence-corrected chi connectivity index (χ2v) is 3.44. The van der Waals surface area contributed by atoms with Crippen LogP contribution in [0.25, 0.3) is 17.0 Å². The lowest BCUT2D eigenvalue weighted by molar-refractivity contribution is 0.950. The fraction of sp³-hybridized carbons (Fsp3) is 0. The Morgan fingerprint density at radius 3 is 2.69 bits per heavy atom. The lowest BCUT2D eigenvalue weighted by Gasteiger charge is -1.94. The van der Waals surface area contributed by atoms with Crippen molar-refractivity contribution in [2.45, 2.75) is 0 Å². The molecular formula is C11H9N5. The molecule has 0 aliphatic carbocycles. The first-order valence-corrected chi connectivity index (χ1v) is 4.85. The molecule has 5 nitrogen and oxygen atoms in total. The van der Waals surface area contributed by atoms with Gasteiger partial charge in [0.1, 0.15) is 0 Å². The van der Waals surface area contributed by atoms with Gasteiger partial charge in [0, 0.05) is 23.6 Å². The third-order valence-electron chi connectivity index (χ3n) is 2.31. The van der Waals surface area contributed by atoms with Crippen LogP contribution in [-0.2, 0) is 0 Å². The molecular weight excluding hydrogens is 202 g/mol. The first-order valence-electron chi connectivity index (χ1n) is 4.85. The number of aromatic nitrogens is 4. The van der Waals surface area contributed by atoms with Crippen LogP contribution in [-0.4, -0.2) is 19.6 Å². The predicted molar refractivity (Wildman–Crippen MR) is 60.6 cm³/mol. The van der Waals surface area contributed by atoms with Gasteiger partial charge in [0.15, 0.2) is 11.5 Å². The van der Waals surface area contributed by atoms with Gasteiger partial charge in [0.05, 0.1) is 6.20 Å². The summed E-state index contributed by atoms with van der Waals surface area (Å²) in [5.74, 6) is 0.674. The highest BCUT2D eigenvalue weighted by Gasteiger charge is 2.05. The van der Waals surface area contributed by atoms with Gasteiger partial charge >= 0.3 is 0 Å². The molecule has 0 radical (unpaired) electrons. The largest absolute Gasteiger partial charge is 0.399 e. The maximum absolute atomic E-state index is 5.62. The maximum Gasteiger partial charge on any atom is 0.182 e. The standard InChI is InChI=1S/C11H9N5/c12-9-3-1-8(2-4-9)11-14-10-7-13-5-6-16(10)15-11/h1-7H,12H2. The van der Waals surface area contributed by atoms with Gasteiger partial charge in [-0.05, 0) is 24.3 Å². The Labute approximate surface area is 91.6 Å². The first-order chi connectivity index (χ1) is 7.83. The average molecular weight is 211 g/mol. The number of hydrogen-bond donors (Lipinski definition) is 1.